The predicted molar refractivity (Wildman–Crippen MR) is 72.6 cm³/mol. The number of ether oxygens (including phenoxy) is 1. The second kappa shape index (κ2) is 6.14. The zero-order valence-electron chi connectivity index (χ0n) is 11.3. The first-order valence-electron chi connectivity index (χ1n) is 6.98. The highest BCUT2D eigenvalue weighted by atomic mass is 16.5. The maximum absolute atomic E-state index is 12.3. The Hall–Kier alpha value is -1.15. The summed E-state index contributed by atoms with van der Waals surface area (Å²) < 4.78 is 5.58. The molecule has 1 aliphatic carbocycles. The van der Waals surface area contributed by atoms with Crippen molar-refractivity contribution in [3.63, 3.8) is 0 Å². The number of hydrogen-bond acceptors (Lipinski definition) is 2. The zero-order chi connectivity index (χ0) is 13.0. The van der Waals surface area contributed by atoms with E-state index >= 15 is 0 Å². The lowest BCUT2D eigenvalue weighted by atomic mass is 10.0. The third-order valence-electron chi connectivity index (χ3n) is 3.62. The van der Waals surface area contributed by atoms with Crippen molar-refractivity contribution >= 4 is 5.78 Å². The van der Waals surface area contributed by atoms with E-state index in [-0.39, 0.29) is 12.0 Å². The van der Waals surface area contributed by atoms with Gasteiger partial charge >= 0.3 is 0 Å². The highest BCUT2D eigenvalue weighted by Gasteiger charge is 2.45. The van der Waals surface area contributed by atoms with Gasteiger partial charge in [0, 0.05) is 12.5 Å². The summed E-state index contributed by atoms with van der Waals surface area (Å²) in [6.45, 7) is 4.68. The van der Waals surface area contributed by atoms with Gasteiger partial charge in [0.15, 0.2) is 5.78 Å². The molecule has 0 bridgehead atoms. The van der Waals surface area contributed by atoms with Crippen LogP contribution in [0.3, 0.4) is 0 Å². The molecule has 2 rings (SSSR count). The largest absolute Gasteiger partial charge is 0.371 e. The molecule has 0 aromatic heterocycles. The van der Waals surface area contributed by atoms with Gasteiger partial charge < -0.3 is 4.74 Å². The molecule has 0 radical (unpaired) electrons. The number of ketones is 1. The molecule has 1 aromatic rings. The molecule has 2 heteroatoms. The van der Waals surface area contributed by atoms with E-state index in [2.05, 4.69) is 19.1 Å². The molecule has 2 nitrogen and oxygen atoms in total. The van der Waals surface area contributed by atoms with Crippen LogP contribution in [0.1, 0.15) is 44.6 Å². The molecule has 1 fully saturated rings. The van der Waals surface area contributed by atoms with E-state index in [0.717, 1.165) is 19.3 Å². The van der Waals surface area contributed by atoms with Gasteiger partial charge in [0.2, 0.25) is 0 Å². The van der Waals surface area contributed by atoms with Crippen LogP contribution in [0.15, 0.2) is 30.3 Å². The first-order chi connectivity index (χ1) is 8.77. The van der Waals surface area contributed by atoms with E-state index in [1.54, 1.807) is 0 Å². The van der Waals surface area contributed by atoms with Gasteiger partial charge in [0.25, 0.3) is 0 Å². The Balaban J connectivity index is 1.95. The van der Waals surface area contributed by atoms with E-state index in [9.17, 15) is 4.79 Å². The van der Waals surface area contributed by atoms with Crippen molar-refractivity contribution in [3.05, 3.63) is 35.9 Å². The average Bonchev–Trinajstić information content (AvgIpc) is 3.19. The Morgan fingerprint density at radius 1 is 1.33 bits per heavy atom. The van der Waals surface area contributed by atoms with Crippen LogP contribution in [-0.4, -0.2) is 18.5 Å². The molecular weight excluding hydrogens is 224 g/mol. The standard InChI is InChI=1S/C16H22O2/c1-3-8-15(18-4-2)16(17)14-11-13(14)12-9-6-5-7-10-12/h5-7,9-10,13-15H,3-4,8,11H2,1-2H3. The molecule has 3 atom stereocenters. The highest BCUT2D eigenvalue weighted by molar-refractivity contribution is 5.89. The maximum Gasteiger partial charge on any atom is 0.165 e. The number of carbonyl (C=O) groups excluding carboxylic acids is 1. The van der Waals surface area contributed by atoms with Crippen molar-refractivity contribution in [2.24, 2.45) is 5.92 Å². The summed E-state index contributed by atoms with van der Waals surface area (Å²) in [5.74, 6) is 0.932. The Morgan fingerprint density at radius 2 is 2.06 bits per heavy atom. The third kappa shape index (κ3) is 2.99. The first-order valence-corrected chi connectivity index (χ1v) is 6.98. The summed E-state index contributed by atoms with van der Waals surface area (Å²) in [5, 5.41) is 0. The molecule has 1 saturated carbocycles. The SMILES string of the molecule is CCCC(OCC)C(=O)C1CC1c1ccccc1. The lowest BCUT2D eigenvalue weighted by molar-refractivity contribution is -0.132. The second-order valence-corrected chi connectivity index (χ2v) is 4.99. The van der Waals surface area contributed by atoms with E-state index < -0.39 is 0 Å². The minimum Gasteiger partial charge on any atom is -0.371 e. The molecule has 1 aromatic carbocycles. The smallest absolute Gasteiger partial charge is 0.165 e. The molecule has 0 aliphatic heterocycles. The number of hydrogen-bond donors (Lipinski definition) is 0. The van der Waals surface area contributed by atoms with Crippen LogP contribution in [0.4, 0.5) is 0 Å². The summed E-state index contributed by atoms with van der Waals surface area (Å²) in [6.07, 6.45) is 2.67. The van der Waals surface area contributed by atoms with Crippen LogP contribution in [0.2, 0.25) is 0 Å². The van der Waals surface area contributed by atoms with Crippen molar-refractivity contribution in [1.29, 1.82) is 0 Å². The first kappa shape index (κ1) is 13.3. The van der Waals surface area contributed by atoms with E-state index in [0.29, 0.717) is 18.3 Å². The summed E-state index contributed by atoms with van der Waals surface area (Å²) in [5.41, 5.74) is 1.29. The van der Waals surface area contributed by atoms with E-state index in [1.807, 2.05) is 25.1 Å². The molecule has 0 spiro atoms. The van der Waals surface area contributed by atoms with Crippen molar-refractivity contribution in [2.75, 3.05) is 6.61 Å². The van der Waals surface area contributed by atoms with Crippen LogP contribution < -0.4 is 0 Å². The molecule has 0 amide bonds. The second-order valence-electron chi connectivity index (χ2n) is 4.99. The third-order valence-corrected chi connectivity index (χ3v) is 3.62. The molecule has 1 aliphatic rings. The van der Waals surface area contributed by atoms with Gasteiger partial charge in [0.05, 0.1) is 0 Å². The van der Waals surface area contributed by atoms with Gasteiger partial charge in [-0.25, -0.2) is 0 Å². The summed E-state index contributed by atoms with van der Waals surface area (Å²) in [4.78, 5) is 12.3. The molecule has 0 saturated heterocycles. The van der Waals surface area contributed by atoms with Gasteiger partial charge in [-0.15, -0.1) is 0 Å². The van der Waals surface area contributed by atoms with Gasteiger partial charge in [-0.3, -0.25) is 4.79 Å². The summed E-state index contributed by atoms with van der Waals surface area (Å²) >= 11 is 0. The predicted octanol–water partition coefficient (Wildman–Crippen LogP) is 3.56. The van der Waals surface area contributed by atoms with E-state index in [4.69, 9.17) is 4.74 Å². The zero-order valence-corrected chi connectivity index (χ0v) is 11.3. The fraction of sp³-hybridized carbons (Fsp3) is 0.562. The molecular formula is C16H22O2. The summed E-state index contributed by atoms with van der Waals surface area (Å²) in [6, 6.07) is 10.3. The average molecular weight is 246 g/mol. The lowest BCUT2D eigenvalue weighted by Gasteiger charge is -2.14. The number of benzene rings is 1. The van der Waals surface area contributed by atoms with Crippen molar-refractivity contribution in [1.82, 2.24) is 0 Å². The topological polar surface area (TPSA) is 26.3 Å². The summed E-state index contributed by atoms with van der Waals surface area (Å²) in [7, 11) is 0. The normalized spacial score (nSPS) is 23.7. The Bertz CT molecular complexity index is 379. The molecule has 3 unspecified atom stereocenters. The monoisotopic (exact) mass is 246 g/mol. The Kier molecular flexibility index (Phi) is 4.54. The Labute approximate surface area is 109 Å². The van der Waals surface area contributed by atoms with E-state index in [1.165, 1.54) is 5.56 Å². The fourth-order valence-electron chi connectivity index (χ4n) is 2.59. The van der Waals surface area contributed by atoms with Crippen LogP contribution in [0, 0.1) is 5.92 Å². The molecule has 0 N–H and O–H groups in total. The van der Waals surface area contributed by atoms with Crippen LogP contribution in [0.25, 0.3) is 0 Å². The molecule has 98 valence electrons. The molecule has 18 heavy (non-hydrogen) atoms. The van der Waals surface area contributed by atoms with Crippen LogP contribution in [0.5, 0.6) is 0 Å². The van der Waals surface area contributed by atoms with Gasteiger partial charge in [-0.1, -0.05) is 43.7 Å². The van der Waals surface area contributed by atoms with Crippen molar-refractivity contribution in [3.8, 4) is 0 Å². The number of carbonyl (C=O) groups is 1. The highest BCUT2D eigenvalue weighted by Crippen LogP contribution is 2.48. The minimum absolute atomic E-state index is 0.182. The van der Waals surface area contributed by atoms with Gasteiger partial charge in [-0.2, -0.15) is 0 Å². The fourth-order valence-corrected chi connectivity index (χ4v) is 2.59. The minimum atomic E-state index is -0.182. The Morgan fingerprint density at radius 3 is 2.67 bits per heavy atom. The van der Waals surface area contributed by atoms with Crippen molar-refractivity contribution < 1.29 is 9.53 Å². The van der Waals surface area contributed by atoms with Crippen LogP contribution >= 0.6 is 0 Å². The number of Topliss-reactive ketones (excluding diaryl/α,β-unsaturated/α-hetero) is 1. The van der Waals surface area contributed by atoms with Gasteiger partial charge in [0.1, 0.15) is 6.10 Å². The van der Waals surface area contributed by atoms with Crippen molar-refractivity contribution in [2.45, 2.75) is 45.1 Å². The van der Waals surface area contributed by atoms with Crippen LogP contribution in [-0.2, 0) is 9.53 Å². The maximum atomic E-state index is 12.3. The molecule has 0 heterocycles. The quantitative estimate of drug-likeness (QED) is 0.735. The number of rotatable bonds is 7. The van der Waals surface area contributed by atoms with Gasteiger partial charge in [-0.05, 0) is 31.2 Å². The lowest BCUT2D eigenvalue weighted by Crippen LogP contribution is -2.26.